The quantitative estimate of drug-likeness (QED) is 0.0232. The molecule has 64 heavy (non-hydrogen) atoms. The number of amides is 1. The molecule has 1 rings (SSSR count). The Morgan fingerprint density at radius 2 is 0.922 bits per heavy atom. The summed E-state index contributed by atoms with van der Waals surface area (Å²) in [5, 5.41) is 64.9. The molecule has 0 saturated carbocycles. The molecule has 0 spiro atoms. The number of hydrogen-bond acceptors (Lipinski definition) is 9. The Morgan fingerprint density at radius 3 is 1.36 bits per heavy atom. The molecular formula is C54H103NO9. The highest BCUT2D eigenvalue weighted by atomic mass is 16.7. The Hall–Kier alpha value is -1.37. The number of hydrogen-bond donors (Lipinski definition) is 7. The molecule has 0 radical (unpaired) electrons. The summed E-state index contributed by atoms with van der Waals surface area (Å²) in [7, 11) is 0. The molecule has 0 aromatic carbocycles. The van der Waals surface area contributed by atoms with E-state index in [4.69, 9.17) is 9.47 Å². The first-order valence-corrected chi connectivity index (χ1v) is 27.2. The van der Waals surface area contributed by atoms with Crippen molar-refractivity contribution >= 4 is 5.91 Å². The maximum atomic E-state index is 13.1. The van der Waals surface area contributed by atoms with Crippen LogP contribution in [0.5, 0.6) is 0 Å². The van der Waals surface area contributed by atoms with Crippen LogP contribution in [0.3, 0.4) is 0 Å². The third-order valence-electron chi connectivity index (χ3n) is 13.1. The van der Waals surface area contributed by atoms with Crippen molar-refractivity contribution in [2.75, 3.05) is 13.2 Å². The fourth-order valence-electron chi connectivity index (χ4n) is 8.71. The van der Waals surface area contributed by atoms with E-state index < -0.39 is 61.5 Å². The van der Waals surface area contributed by atoms with Gasteiger partial charge in [0.05, 0.1) is 25.4 Å². The number of allylic oxidation sites excluding steroid dienone is 3. The third-order valence-corrected chi connectivity index (χ3v) is 13.1. The normalized spacial score (nSPS) is 20.7. The van der Waals surface area contributed by atoms with Gasteiger partial charge in [0.1, 0.15) is 30.5 Å². The Kier molecular flexibility index (Phi) is 41.8. The maximum absolute atomic E-state index is 13.1. The van der Waals surface area contributed by atoms with Crippen molar-refractivity contribution in [3.63, 3.8) is 0 Å². The first-order chi connectivity index (χ1) is 31.3. The molecule has 378 valence electrons. The predicted octanol–water partition coefficient (Wildman–Crippen LogP) is 11.6. The zero-order valence-electron chi connectivity index (χ0n) is 41.4. The number of carbonyl (C=O) groups excluding carboxylic acids is 1. The molecule has 10 heteroatoms. The van der Waals surface area contributed by atoms with E-state index in [0.29, 0.717) is 12.8 Å². The van der Waals surface area contributed by atoms with Gasteiger partial charge in [-0.15, -0.1) is 0 Å². The second kappa shape index (κ2) is 44.2. The highest BCUT2D eigenvalue weighted by Crippen LogP contribution is 2.23. The summed E-state index contributed by atoms with van der Waals surface area (Å²) >= 11 is 0. The second-order valence-corrected chi connectivity index (χ2v) is 19.2. The third kappa shape index (κ3) is 33.2. The van der Waals surface area contributed by atoms with Crippen LogP contribution in [-0.2, 0) is 14.3 Å². The molecule has 0 bridgehead atoms. The lowest BCUT2D eigenvalue weighted by atomic mass is 9.99. The number of unbranched alkanes of at least 4 members (excludes halogenated alkanes) is 33. The minimum absolute atomic E-state index is 0.308. The Balaban J connectivity index is 2.28. The van der Waals surface area contributed by atoms with Crippen molar-refractivity contribution in [2.45, 2.75) is 300 Å². The lowest BCUT2D eigenvalue weighted by Crippen LogP contribution is -2.60. The molecule has 7 N–H and O–H groups in total. The molecule has 1 aliphatic heterocycles. The van der Waals surface area contributed by atoms with Crippen molar-refractivity contribution in [3.8, 4) is 0 Å². The summed E-state index contributed by atoms with van der Waals surface area (Å²) in [6.07, 6.45) is 44.2. The van der Waals surface area contributed by atoms with Crippen LogP contribution in [0.2, 0.25) is 0 Å². The topological polar surface area (TPSA) is 169 Å². The van der Waals surface area contributed by atoms with E-state index in [-0.39, 0.29) is 6.61 Å². The van der Waals surface area contributed by atoms with E-state index in [9.17, 15) is 35.4 Å². The number of nitrogens with one attached hydrogen (secondary N) is 1. The molecule has 1 aliphatic rings. The molecule has 8 atom stereocenters. The molecule has 0 aliphatic carbocycles. The number of carbonyl (C=O) groups is 1. The molecule has 0 aromatic heterocycles. The number of rotatable bonds is 46. The van der Waals surface area contributed by atoms with Crippen molar-refractivity contribution < 1.29 is 44.9 Å². The molecule has 8 unspecified atom stereocenters. The molecule has 1 amide bonds. The van der Waals surface area contributed by atoms with Crippen molar-refractivity contribution in [1.82, 2.24) is 5.32 Å². The van der Waals surface area contributed by atoms with Crippen molar-refractivity contribution in [3.05, 3.63) is 24.3 Å². The first-order valence-electron chi connectivity index (χ1n) is 27.2. The van der Waals surface area contributed by atoms with Gasteiger partial charge in [-0.05, 0) is 32.1 Å². The van der Waals surface area contributed by atoms with Crippen molar-refractivity contribution in [2.24, 2.45) is 0 Å². The van der Waals surface area contributed by atoms with E-state index >= 15 is 0 Å². The van der Waals surface area contributed by atoms with Crippen LogP contribution >= 0.6 is 0 Å². The molecule has 1 saturated heterocycles. The minimum atomic E-state index is -1.61. The minimum Gasteiger partial charge on any atom is -0.394 e. The summed E-state index contributed by atoms with van der Waals surface area (Å²) in [4.78, 5) is 13.1. The summed E-state index contributed by atoms with van der Waals surface area (Å²) in [5.41, 5.74) is 0. The molecular weight excluding hydrogens is 807 g/mol. The second-order valence-electron chi connectivity index (χ2n) is 19.2. The summed E-state index contributed by atoms with van der Waals surface area (Å²) in [6, 6.07) is -0.993. The number of aliphatic hydroxyl groups is 6. The maximum Gasteiger partial charge on any atom is 0.249 e. The SMILES string of the molecule is CCCCCCCCCCC/C=C/CC/C=C/C(O)C(COC1OC(CO)C(O)C(O)C1O)NC(=O)C(O)CCCCCCCCCCCCCCCCCCCCCCCCCC. The van der Waals surface area contributed by atoms with Gasteiger partial charge in [0.15, 0.2) is 6.29 Å². The lowest BCUT2D eigenvalue weighted by Gasteiger charge is -2.40. The highest BCUT2D eigenvalue weighted by molar-refractivity contribution is 5.80. The molecule has 1 heterocycles. The Labute approximate surface area is 392 Å². The fourth-order valence-corrected chi connectivity index (χ4v) is 8.71. The van der Waals surface area contributed by atoms with Gasteiger partial charge in [-0.3, -0.25) is 4.79 Å². The van der Waals surface area contributed by atoms with E-state index in [0.717, 1.165) is 38.5 Å². The van der Waals surface area contributed by atoms with Crippen LogP contribution in [0.15, 0.2) is 24.3 Å². The monoisotopic (exact) mass is 910 g/mol. The van der Waals surface area contributed by atoms with E-state index in [1.807, 2.05) is 6.08 Å². The zero-order chi connectivity index (χ0) is 46.7. The standard InChI is InChI=1S/C54H103NO9/c1-3-5-7-9-11-13-15-17-19-20-21-22-23-24-25-26-27-29-31-33-35-37-39-41-43-48(58)53(62)55-46(45-63-54-52(61)51(60)50(59)49(44-56)64-54)47(57)42-40-38-36-34-32-30-28-18-16-14-12-10-8-6-4-2/h32,34,40,42,46-52,54,56-61H,3-31,33,35-39,41,43-45H2,1-2H3,(H,55,62)/b34-32+,42-40+. The van der Waals surface area contributed by atoms with Gasteiger partial charge < -0.3 is 45.4 Å². The molecule has 10 nitrogen and oxygen atoms in total. The Morgan fingerprint density at radius 1 is 0.531 bits per heavy atom. The lowest BCUT2D eigenvalue weighted by molar-refractivity contribution is -0.302. The van der Waals surface area contributed by atoms with E-state index in [1.54, 1.807) is 6.08 Å². The largest absolute Gasteiger partial charge is 0.394 e. The summed E-state index contributed by atoms with van der Waals surface area (Å²) < 4.78 is 11.2. The number of aliphatic hydroxyl groups excluding tert-OH is 6. The van der Waals surface area contributed by atoms with Crippen LogP contribution in [0.1, 0.15) is 251 Å². The zero-order valence-corrected chi connectivity index (χ0v) is 41.4. The highest BCUT2D eigenvalue weighted by Gasteiger charge is 2.44. The van der Waals surface area contributed by atoms with Gasteiger partial charge in [-0.25, -0.2) is 0 Å². The van der Waals surface area contributed by atoms with Crippen LogP contribution in [0.25, 0.3) is 0 Å². The van der Waals surface area contributed by atoms with Gasteiger partial charge in [-0.1, -0.05) is 244 Å². The van der Waals surface area contributed by atoms with Gasteiger partial charge in [-0.2, -0.15) is 0 Å². The van der Waals surface area contributed by atoms with E-state index in [2.05, 4.69) is 31.3 Å². The number of ether oxygens (including phenoxy) is 2. The summed E-state index contributed by atoms with van der Waals surface area (Å²) in [6.45, 7) is 3.62. The van der Waals surface area contributed by atoms with Gasteiger partial charge >= 0.3 is 0 Å². The van der Waals surface area contributed by atoms with Crippen LogP contribution in [-0.4, -0.2) is 98.7 Å². The van der Waals surface area contributed by atoms with Crippen LogP contribution < -0.4 is 5.32 Å². The van der Waals surface area contributed by atoms with Gasteiger partial charge in [0.2, 0.25) is 5.91 Å². The van der Waals surface area contributed by atoms with E-state index in [1.165, 1.54) is 186 Å². The predicted molar refractivity (Wildman–Crippen MR) is 264 cm³/mol. The molecule has 0 aromatic rings. The van der Waals surface area contributed by atoms with Crippen LogP contribution in [0.4, 0.5) is 0 Å². The van der Waals surface area contributed by atoms with Crippen molar-refractivity contribution in [1.29, 1.82) is 0 Å². The summed E-state index contributed by atoms with van der Waals surface area (Å²) in [5.74, 6) is -0.622. The average Bonchev–Trinajstić information content (AvgIpc) is 3.29. The first kappa shape index (κ1) is 60.6. The van der Waals surface area contributed by atoms with Gasteiger partial charge in [0.25, 0.3) is 0 Å². The molecule has 1 fully saturated rings. The Bertz CT molecular complexity index is 1070. The van der Waals surface area contributed by atoms with Gasteiger partial charge in [0, 0.05) is 0 Å². The van der Waals surface area contributed by atoms with Crippen LogP contribution in [0, 0.1) is 0 Å². The average molecular weight is 910 g/mol. The fraction of sp³-hybridized carbons (Fsp3) is 0.907. The smallest absolute Gasteiger partial charge is 0.249 e.